The second-order valence-electron chi connectivity index (χ2n) is 6.12. The highest BCUT2D eigenvalue weighted by Crippen LogP contribution is 2.29. The first-order chi connectivity index (χ1) is 9.41. The van der Waals surface area contributed by atoms with Crippen LogP contribution in [0.15, 0.2) is 0 Å². The number of unbranched alkanes of at least 4 members (excludes halogenated alkanes) is 1. The summed E-state index contributed by atoms with van der Waals surface area (Å²) in [6.07, 6.45) is 8.45. The van der Waals surface area contributed by atoms with Crippen molar-refractivity contribution in [1.29, 1.82) is 0 Å². The van der Waals surface area contributed by atoms with Crippen molar-refractivity contribution < 1.29 is 24.9 Å². The third-order valence-corrected chi connectivity index (χ3v) is 4.19. The fourth-order valence-corrected chi connectivity index (χ4v) is 3.17. The molecule has 0 atom stereocenters. The zero-order valence-corrected chi connectivity index (χ0v) is 12.0. The summed E-state index contributed by atoms with van der Waals surface area (Å²) < 4.78 is 0. The molecule has 0 bridgehead atoms. The molecular weight excluding hydrogens is 260 g/mol. The van der Waals surface area contributed by atoms with Crippen LogP contribution < -0.4 is 0 Å². The average molecular weight is 286 g/mol. The molecule has 116 valence electrons. The summed E-state index contributed by atoms with van der Waals surface area (Å²) in [6.45, 7) is 0. The van der Waals surface area contributed by atoms with Crippen LogP contribution in [-0.2, 0) is 9.59 Å². The molecule has 0 aromatic carbocycles. The molecule has 5 nitrogen and oxygen atoms in total. The van der Waals surface area contributed by atoms with Gasteiger partial charge < -0.3 is 15.3 Å². The maximum Gasteiger partial charge on any atom is 0.306 e. The van der Waals surface area contributed by atoms with Crippen molar-refractivity contribution in [3.63, 3.8) is 0 Å². The van der Waals surface area contributed by atoms with Gasteiger partial charge in [-0.2, -0.15) is 0 Å². The molecule has 0 spiro atoms. The first-order valence-electron chi connectivity index (χ1n) is 7.57. The van der Waals surface area contributed by atoms with Crippen LogP contribution in [0.3, 0.4) is 0 Å². The van der Waals surface area contributed by atoms with Gasteiger partial charge in [-0.25, -0.2) is 0 Å². The van der Waals surface area contributed by atoms with Gasteiger partial charge >= 0.3 is 11.9 Å². The monoisotopic (exact) mass is 286 g/mol. The largest absolute Gasteiger partial charge is 0.481 e. The van der Waals surface area contributed by atoms with E-state index in [1.165, 1.54) is 32.1 Å². The molecule has 0 amide bonds. The Morgan fingerprint density at radius 2 is 1.50 bits per heavy atom. The van der Waals surface area contributed by atoms with E-state index in [0.29, 0.717) is 6.42 Å². The van der Waals surface area contributed by atoms with E-state index in [4.69, 9.17) is 10.2 Å². The molecule has 0 aliphatic heterocycles. The molecule has 0 unspecified atom stereocenters. The Morgan fingerprint density at radius 3 is 2.00 bits per heavy atom. The summed E-state index contributed by atoms with van der Waals surface area (Å²) in [5.41, 5.74) is -1.61. The van der Waals surface area contributed by atoms with Crippen molar-refractivity contribution in [3.8, 4) is 0 Å². The van der Waals surface area contributed by atoms with Gasteiger partial charge in [0, 0.05) is 0 Å². The first-order valence-corrected chi connectivity index (χ1v) is 7.57. The Morgan fingerprint density at radius 1 is 0.950 bits per heavy atom. The van der Waals surface area contributed by atoms with Gasteiger partial charge in [-0.05, 0) is 12.3 Å². The smallest absolute Gasteiger partial charge is 0.306 e. The van der Waals surface area contributed by atoms with E-state index in [1.807, 2.05) is 0 Å². The lowest BCUT2D eigenvalue weighted by Gasteiger charge is -2.25. The molecule has 0 heterocycles. The normalized spacial score (nSPS) is 17.1. The number of aliphatic hydroxyl groups is 1. The van der Waals surface area contributed by atoms with Crippen molar-refractivity contribution in [2.45, 2.75) is 76.2 Å². The Bertz CT molecular complexity index is 304. The van der Waals surface area contributed by atoms with Gasteiger partial charge in [-0.3, -0.25) is 9.59 Å². The van der Waals surface area contributed by atoms with Crippen LogP contribution in [0.5, 0.6) is 0 Å². The Hall–Kier alpha value is -1.10. The van der Waals surface area contributed by atoms with E-state index in [2.05, 4.69) is 0 Å². The van der Waals surface area contributed by atoms with Crippen LogP contribution >= 0.6 is 0 Å². The Labute approximate surface area is 120 Å². The topological polar surface area (TPSA) is 94.8 Å². The summed E-state index contributed by atoms with van der Waals surface area (Å²) >= 11 is 0. The standard InChI is InChI=1S/C15H26O5/c16-13(17)10-15(20,11-14(18)19)9-5-4-8-12-6-2-1-3-7-12/h12,20H,1-11H2,(H,16,17)(H,18,19). The number of carboxylic acid groups (broad SMARTS) is 2. The third-order valence-electron chi connectivity index (χ3n) is 4.19. The predicted octanol–water partition coefficient (Wildman–Crippen LogP) is 2.81. The van der Waals surface area contributed by atoms with Crippen LogP contribution in [0.2, 0.25) is 0 Å². The molecule has 20 heavy (non-hydrogen) atoms. The molecule has 5 heteroatoms. The Balaban J connectivity index is 2.30. The van der Waals surface area contributed by atoms with Gasteiger partial charge in [0.1, 0.15) is 0 Å². The lowest BCUT2D eigenvalue weighted by atomic mass is 9.84. The fraction of sp³-hybridized carbons (Fsp3) is 0.867. The number of hydrogen-bond donors (Lipinski definition) is 3. The zero-order chi connectivity index (χ0) is 15.0. The summed E-state index contributed by atoms with van der Waals surface area (Å²) in [5.74, 6) is -1.54. The average Bonchev–Trinajstić information content (AvgIpc) is 2.34. The summed E-state index contributed by atoms with van der Waals surface area (Å²) in [6, 6.07) is 0. The van der Waals surface area contributed by atoms with Crippen LogP contribution in [0.4, 0.5) is 0 Å². The minimum absolute atomic E-state index is 0.248. The minimum Gasteiger partial charge on any atom is -0.481 e. The molecule has 0 saturated heterocycles. The van der Waals surface area contributed by atoms with E-state index in [9.17, 15) is 14.7 Å². The van der Waals surface area contributed by atoms with E-state index < -0.39 is 30.4 Å². The highest BCUT2D eigenvalue weighted by atomic mass is 16.4. The second-order valence-corrected chi connectivity index (χ2v) is 6.12. The number of rotatable bonds is 9. The highest BCUT2D eigenvalue weighted by Gasteiger charge is 2.32. The number of carbonyl (C=O) groups is 2. The number of hydrogen-bond acceptors (Lipinski definition) is 3. The Kier molecular flexibility index (Phi) is 6.99. The van der Waals surface area contributed by atoms with Gasteiger partial charge in [-0.1, -0.05) is 51.4 Å². The SMILES string of the molecule is O=C(O)CC(O)(CCCCC1CCCCC1)CC(=O)O. The van der Waals surface area contributed by atoms with E-state index >= 15 is 0 Å². The fourth-order valence-electron chi connectivity index (χ4n) is 3.17. The number of aliphatic carboxylic acids is 2. The van der Waals surface area contributed by atoms with Gasteiger partial charge in [0.05, 0.1) is 18.4 Å². The maximum absolute atomic E-state index is 10.7. The van der Waals surface area contributed by atoms with Crippen LogP contribution in [0.25, 0.3) is 0 Å². The van der Waals surface area contributed by atoms with Crippen molar-refractivity contribution in [2.75, 3.05) is 0 Å². The van der Waals surface area contributed by atoms with Crippen molar-refractivity contribution in [2.24, 2.45) is 5.92 Å². The molecule has 1 aliphatic carbocycles. The molecule has 0 aromatic rings. The maximum atomic E-state index is 10.7. The van der Waals surface area contributed by atoms with E-state index in [1.54, 1.807) is 0 Å². The highest BCUT2D eigenvalue weighted by molar-refractivity contribution is 5.72. The lowest BCUT2D eigenvalue weighted by molar-refractivity contribution is -0.149. The number of carboxylic acids is 2. The molecular formula is C15H26O5. The molecule has 1 rings (SSSR count). The van der Waals surface area contributed by atoms with Gasteiger partial charge in [0.2, 0.25) is 0 Å². The summed E-state index contributed by atoms with van der Waals surface area (Å²) in [5, 5.41) is 27.7. The van der Waals surface area contributed by atoms with Crippen molar-refractivity contribution >= 4 is 11.9 Å². The molecule has 1 aliphatic rings. The second kappa shape index (κ2) is 8.25. The quantitative estimate of drug-likeness (QED) is 0.566. The molecule has 1 fully saturated rings. The first kappa shape index (κ1) is 17.0. The minimum atomic E-state index is -1.61. The predicted molar refractivity (Wildman–Crippen MR) is 74.5 cm³/mol. The van der Waals surface area contributed by atoms with Crippen LogP contribution in [0.1, 0.15) is 70.6 Å². The summed E-state index contributed by atoms with van der Waals surface area (Å²) in [4.78, 5) is 21.4. The van der Waals surface area contributed by atoms with E-state index in [-0.39, 0.29) is 6.42 Å². The van der Waals surface area contributed by atoms with Gasteiger partial charge in [0.25, 0.3) is 0 Å². The van der Waals surface area contributed by atoms with Gasteiger partial charge in [-0.15, -0.1) is 0 Å². The third kappa shape index (κ3) is 6.89. The lowest BCUT2D eigenvalue weighted by Crippen LogP contribution is -2.34. The zero-order valence-electron chi connectivity index (χ0n) is 12.0. The molecule has 1 saturated carbocycles. The van der Waals surface area contributed by atoms with Crippen LogP contribution in [-0.4, -0.2) is 32.9 Å². The van der Waals surface area contributed by atoms with Gasteiger partial charge in [0.15, 0.2) is 0 Å². The van der Waals surface area contributed by atoms with Crippen molar-refractivity contribution in [3.05, 3.63) is 0 Å². The molecule has 3 N–H and O–H groups in total. The van der Waals surface area contributed by atoms with Crippen molar-refractivity contribution in [1.82, 2.24) is 0 Å². The molecule has 0 radical (unpaired) electrons. The van der Waals surface area contributed by atoms with E-state index in [0.717, 1.165) is 18.8 Å². The summed E-state index contributed by atoms with van der Waals surface area (Å²) in [7, 11) is 0. The van der Waals surface area contributed by atoms with Crippen LogP contribution in [0, 0.1) is 5.92 Å². The molecule has 0 aromatic heterocycles.